The summed E-state index contributed by atoms with van der Waals surface area (Å²) in [5.74, 6) is 2.30. The normalized spacial score (nSPS) is 12.1. The number of aromatic nitrogens is 1. The zero-order valence-electron chi connectivity index (χ0n) is 20.5. The highest BCUT2D eigenvalue weighted by Crippen LogP contribution is 2.37. The molecule has 3 aromatic rings. The van der Waals surface area contributed by atoms with Crippen molar-refractivity contribution >= 4 is 0 Å². The maximum atomic E-state index is 6.33. The van der Waals surface area contributed by atoms with Gasteiger partial charge in [0.2, 0.25) is 5.88 Å². The summed E-state index contributed by atoms with van der Waals surface area (Å²) in [6, 6.07) is 20.3. The Kier molecular flexibility index (Phi) is 7.25. The van der Waals surface area contributed by atoms with Gasteiger partial charge in [-0.3, -0.25) is 0 Å². The molecule has 4 nitrogen and oxygen atoms in total. The molecule has 4 heteroatoms. The Morgan fingerprint density at radius 1 is 0.844 bits per heavy atom. The number of benzene rings is 2. The first-order valence-corrected chi connectivity index (χ1v) is 11.2. The molecule has 170 valence electrons. The molecule has 0 aliphatic rings. The van der Waals surface area contributed by atoms with Crippen LogP contribution in [0.2, 0.25) is 0 Å². The molecule has 1 heterocycles. The van der Waals surface area contributed by atoms with Crippen molar-refractivity contribution in [2.75, 3.05) is 27.2 Å². The Bertz CT molecular complexity index is 1020. The Morgan fingerprint density at radius 3 is 2.19 bits per heavy atom. The summed E-state index contributed by atoms with van der Waals surface area (Å²) in [6.07, 6.45) is 1.77. The first kappa shape index (κ1) is 23.8. The number of para-hydroxylation sites is 1. The molecule has 0 aliphatic heterocycles. The van der Waals surface area contributed by atoms with Gasteiger partial charge in [0.25, 0.3) is 0 Å². The standard InChI is InChI=1S/C28H36N2O2/c1-27(2,3)24-12-8-9-13-25(24)32-26-23(11-10-18-29-26)21-14-16-22(17-15-21)31-20-28(4,5)19-30(6)7/h8-18H,19-20H2,1-7H3. The molecule has 0 radical (unpaired) electrons. The predicted octanol–water partition coefficient (Wildman–Crippen LogP) is 6.81. The highest BCUT2D eigenvalue weighted by Gasteiger charge is 2.21. The van der Waals surface area contributed by atoms with E-state index in [0.29, 0.717) is 12.5 Å². The van der Waals surface area contributed by atoms with Gasteiger partial charge in [0.1, 0.15) is 11.5 Å². The van der Waals surface area contributed by atoms with Gasteiger partial charge in [0.15, 0.2) is 0 Å². The minimum Gasteiger partial charge on any atom is -0.493 e. The van der Waals surface area contributed by atoms with Crippen molar-refractivity contribution in [3.05, 3.63) is 72.4 Å². The van der Waals surface area contributed by atoms with Gasteiger partial charge in [0, 0.05) is 29.3 Å². The minimum atomic E-state index is -0.0229. The van der Waals surface area contributed by atoms with Crippen LogP contribution in [0, 0.1) is 5.41 Å². The molecule has 3 rings (SSSR count). The third-order valence-electron chi connectivity index (χ3n) is 5.21. The van der Waals surface area contributed by atoms with Gasteiger partial charge in [-0.1, -0.05) is 65.0 Å². The molecule has 0 spiro atoms. The fourth-order valence-corrected chi connectivity index (χ4v) is 3.88. The summed E-state index contributed by atoms with van der Waals surface area (Å²) in [7, 11) is 4.17. The van der Waals surface area contributed by atoms with Gasteiger partial charge in [-0.2, -0.15) is 0 Å². The van der Waals surface area contributed by atoms with Crippen molar-refractivity contribution in [2.45, 2.75) is 40.0 Å². The predicted molar refractivity (Wildman–Crippen MR) is 133 cm³/mol. The second kappa shape index (κ2) is 9.74. The molecule has 0 aliphatic carbocycles. The maximum absolute atomic E-state index is 6.33. The highest BCUT2D eigenvalue weighted by atomic mass is 16.5. The summed E-state index contributed by atoms with van der Waals surface area (Å²) in [5, 5.41) is 0. The van der Waals surface area contributed by atoms with Gasteiger partial charge in [-0.05, 0) is 55.4 Å². The Morgan fingerprint density at radius 2 is 1.53 bits per heavy atom. The van der Waals surface area contributed by atoms with Gasteiger partial charge in [-0.25, -0.2) is 4.98 Å². The van der Waals surface area contributed by atoms with Crippen molar-refractivity contribution in [1.82, 2.24) is 9.88 Å². The monoisotopic (exact) mass is 432 g/mol. The van der Waals surface area contributed by atoms with Crippen molar-refractivity contribution in [1.29, 1.82) is 0 Å². The molecule has 0 atom stereocenters. The minimum absolute atomic E-state index is 0.0229. The van der Waals surface area contributed by atoms with Crippen molar-refractivity contribution < 1.29 is 9.47 Å². The van der Waals surface area contributed by atoms with Crippen LogP contribution >= 0.6 is 0 Å². The van der Waals surface area contributed by atoms with E-state index in [4.69, 9.17) is 9.47 Å². The molecule has 0 N–H and O–H groups in total. The van der Waals surface area contributed by atoms with Gasteiger partial charge in [-0.15, -0.1) is 0 Å². The summed E-state index contributed by atoms with van der Waals surface area (Å²) in [5.41, 5.74) is 3.20. The van der Waals surface area contributed by atoms with Gasteiger partial charge < -0.3 is 14.4 Å². The van der Waals surface area contributed by atoms with Gasteiger partial charge >= 0.3 is 0 Å². The number of rotatable bonds is 8. The van der Waals surface area contributed by atoms with E-state index < -0.39 is 0 Å². The summed E-state index contributed by atoms with van der Waals surface area (Å²) < 4.78 is 12.4. The van der Waals surface area contributed by atoms with Crippen molar-refractivity contribution in [3.8, 4) is 28.5 Å². The largest absolute Gasteiger partial charge is 0.493 e. The third kappa shape index (κ3) is 6.33. The van der Waals surface area contributed by atoms with Crippen molar-refractivity contribution in [3.63, 3.8) is 0 Å². The van der Waals surface area contributed by atoms with E-state index in [0.717, 1.165) is 34.7 Å². The molecular weight excluding hydrogens is 396 g/mol. The average Bonchev–Trinajstić information content (AvgIpc) is 2.72. The number of nitrogens with zero attached hydrogens (tertiary/aromatic N) is 2. The quantitative estimate of drug-likeness (QED) is 0.392. The molecular formula is C28H36N2O2. The lowest BCUT2D eigenvalue weighted by molar-refractivity contribution is 0.141. The number of ether oxygens (including phenoxy) is 2. The third-order valence-corrected chi connectivity index (χ3v) is 5.21. The SMILES string of the molecule is CN(C)CC(C)(C)COc1ccc(-c2cccnc2Oc2ccccc2C(C)(C)C)cc1. The fraction of sp³-hybridized carbons (Fsp3) is 0.393. The molecule has 0 saturated heterocycles. The van der Waals surface area contributed by atoms with E-state index in [-0.39, 0.29) is 10.8 Å². The van der Waals surface area contributed by atoms with Crippen LogP contribution in [0.5, 0.6) is 17.4 Å². The molecule has 0 amide bonds. The second-order valence-electron chi connectivity index (χ2n) is 10.4. The van der Waals surface area contributed by atoms with Crippen LogP contribution in [0.3, 0.4) is 0 Å². The summed E-state index contributed by atoms with van der Waals surface area (Å²) >= 11 is 0. The van der Waals surface area contributed by atoms with Gasteiger partial charge in [0.05, 0.1) is 6.61 Å². The summed E-state index contributed by atoms with van der Waals surface area (Å²) in [4.78, 5) is 6.72. The lowest BCUT2D eigenvalue weighted by atomic mass is 9.86. The first-order chi connectivity index (χ1) is 15.0. The van der Waals surface area contributed by atoms with E-state index in [1.54, 1.807) is 6.20 Å². The Hall–Kier alpha value is -2.85. The molecule has 0 bridgehead atoms. The summed E-state index contributed by atoms with van der Waals surface area (Å²) in [6.45, 7) is 12.6. The zero-order valence-corrected chi connectivity index (χ0v) is 20.5. The zero-order chi connectivity index (χ0) is 23.4. The smallest absolute Gasteiger partial charge is 0.227 e. The number of hydrogen-bond donors (Lipinski definition) is 0. The van der Waals surface area contributed by atoms with Crippen LogP contribution in [0.1, 0.15) is 40.2 Å². The first-order valence-electron chi connectivity index (χ1n) is 11.2. The topological polar surface area (TPSA) is 34.6 Å². The lowest BCUT2D eigenvalue weighted by Crippen LogP contribution is -2.33. The molecule has 2 aromatic carbocycles. The van der Waals surface area contributed by atoms with Crippen LogP contribution in [-0.4, -0.2) is 37.1 Å². The van der Waals surface area contributed by atoms with Crippen LogP contribution < -0.4 is 9.47 Å². The molecule has 32 heavy (non-hydrogen) atoms. The van der Waals surface area contributed by atoms with E-state index in [1.165, 1.54) is 0 Å². The van der Waals surface area contributed by atoms with E-state index >= 15 is 0 Å². The van der Waals surface area contributed by atoms with Crippen LogP contribution in [-0.2, 0) is 5.41 Å². The molecule has 0 unspecified atom stereocenters. The van der Waals surface area contributed by atoms with Crippen molar-refractivity contribution in [2.24, 2.45) is 5.41 Å². The highest BCUT2D eigenvalue weighted by molar-refractivity contribution is 5.69. The Balaban J connectivity index is 1.80. The second-order valence-corrected chi connectivity index (χ2v) is 10.4. The van der Waals surface area contributed by atoms with Crippen LogP contribution in [0.15, 0.2) is 66.9 Å². The molecule has 1 aromatic heterocycles. The number of pyridine rings is 1. The maximum Gasteiger partial charge on any atom is 0.227 e. The van der Waals surface area contributed by atoms with E-state index in [1.807, 2.05) is 42.5 Å². The molecule has 0 fully saturated rings. The fourth-order valence-electron chi connectivity index (χ4n) is 3.88. The van der Waals surface area contributed by atoms with Crippen LogP contribution in [0.4, 0.5) is 0 Å². The Labute approximate surface area is 193 Å². The number of hydrogen-bond acceptors (Lipinski definition) is 4. The average molecular weight is 433 g/mol. The lowest BCUT2D eigenvalue weighted by Gasteiger charge is -2.28. The molecule has 0 saturated carbocycles. The van der Waals surface area contributed by atoms with Crippen LogP contribution in [0.25, 0.3) is 11.1 Å². The van der Waals surface area contributed by atoms with E-state index in [2.05, 4.69) is 76.8 Å². The van der Waals surface area contributed by atoms with E-state index in [9.17, 15) is 0 Å².